The minimum atomic E-state index is -0.272. The van der Waals surface area contributed by atoms with E-state index in [0.717, 1.165) is 76.0 Å². The van der Waals surface area contributed by atoms with Gasteiger partial charge in [-0.25, -0.2) is 4.98 Å². The molecule has 1 aromatic heterocycles. The lowest BCUT2D eigenvalue weighted by atomic mass is 9.78. The highest BCUT2D eigenvalue weighted by Crippen LogP contribution is 2.43. The molecule has 0 unspecified atom stereocenters. The summed E-state index contributed by atoms with van der Waals surface area (Å²) in [6, 6.07) is 4.16. The van der Waals surface area contributed by atoms with E-state index in [0.29, 0.717) is 11.9 Å². The SMILES string of the molecule is O=C1N([C@H]2CC[C@H](O)CC2)CC[C@]12CCCN(c1ccc(CO)cn1)C2. The molecule has 3 heterocycles. The molecule has 4 rings (SSSR count). The number of carbonyl (C=O) groups is 1. The van der Waals surface area contributed by atoms with Crippen molar-refractivity contribution in [3.05, 3.63) is 23.9 Å². The summed E-state index contributed by atoms with van der Waals surface area (Å²) in [5.74, 6) is 1.21. The van der Waals surface area contributed by atoms with Gasteiger partial charge >= 0.3 is 0 Å². The van der Waals surface area contributed by atoms with Gasteiger partial charge in [-0.05, 0) is 56.6 Å². The fourth-order valence-electron chi connectivity index (χ4n) is 4.97. The Morgan fingerprint density at radius 3 is 2.65 bits per heavy atom. The van der Waals surface area contributed by atoms with Gasteiger partial charge in [0.2, 0.25) is 5.91 Å². The van der Waals surface area contributed by atoms with Crippen molar-refractivity contribution in [2.24, 2.45) is 5.41 Å². The Balaban J connectivity index is 1.46. The van der Waals surface area contributed by atoms with Crippen LogP contribution in [0.1, 0.15) is 50.5 Å². The van der Waals surface area contributed by atoms with Crippen LogP contribution in [0.5, 0.6) is 0 Å². The first-order valence-electron chi connectivity index (χ1n) is 9.91. The molecule has 2 saturated heterocycles. The zero-order chi connectivity index (χ0) is 18.1. The van der Waals surface area contributed by atoms with E-state index in [1.807, 2.05) is 12.1 Å². The number of hydrogen-bond donors (Lipinski definition) is 2. The first-order chi connectivity index (χ1) is 12.6. The van der Waals surface area contributed by atoms with E-state index in [9.17, 15) is 15.0 Å². The second-order valence-electron chi connectivity index (χ2n) is 8.20. The van der Waals surface area contributed by atoms with Gasteiger partial charge in [0, 0.05) is 31.9 Å². The summed E-state index contributed by atoms with van der Waals surface area (Å²) in [5.41, 5.74) is 0.536. The van der Waals surface area contributed by atoms with Crippen LogP contribution in [0.2, 0.25) is 0 Å². The lowest BCUT2D eigenvalue weighted by molar-refractivity contribution is -0.139. The number of amides is 1. The number of hydrogen-bond acceptors (Lipinski definition) is 5. The molecule has 142 valence electrons. The number of piperidine rings is 1. The van der Waals surface area contributed by atoms with Crippen molar-refractivity contribution in [3.8, 4) is 0 Å². The number of carbonyl (C=O) groups excluding carboxylic acids is 1. The zero-order valence-electron chi connectivity index (χ0n) is 15.3. The van der Waals surface area contributed by atoms with Gasteiger partial charge in [-0.3, -0.25) is 4.79 Å². The third-order valence-corrected chi connectivity index (χ3v) is 6.55. The molecule has 1 amide bonds. The van der Waals surface area contributed by atoms with Gasteiger partial charge in [0.1, 0.15) is 5.82 Å². The highest BCUT2D eigenvalue weighted by atomic mass is 16.3. The average molecular weight is 359 g/mol. The molecule has 1 atom stereocenters. The summed E-state index contributed by atoms with van der Waals surface area (Å²) < 4.78 is 0. The van der Waals surface area contributed by atoms with Gasteiger partial charge in [-0.15, -0.1) is 0 Å². The maximum Gasteiger partial charge on any atom is 0.230 e. The van der Waals surface area contributed by atoms with Crippen molar-refractivity contribution in [2.45, 2.75) is 63.7 Å². The quantitative estimate of drug-likeness (QED) is 0.859. The fourth-order valence-corrected chi connectivity index (χ4v) is 4.97. The third-order valence-electron chi connectivity index (χ3n) is 6.55. The van der Waals surface area contributed by atoms with E-state index in [4.69, 9.17) is 0 Å². The topological polar surface area (TPSA) is 76.9 Å². The summed E-state index contributed by atoms with van der Waals surface area (Å²) in [7, 11) is 0. The fraction of sp³-hybridized carbons (Fsp3) is 0.700. The molecule has 1 aliphatic carbocycles. The van der Waals surface area contributed by atoms with Crippen LogP contribution in [0.4, 0.5) is 5.82 Å². The molecule has 0 bridgehead atoms. The third kappa shape index (κ3) is 3.21. The maximum atomic E-state index is 13.3. The first-order valence-corrected chi connectivity index (χ1v) is 9.91. The summed E-state index contributed by atoms with van der Waals surface area (Å²) in [4.78, 5) is 22.1. The second-order valence-corrected chi connectivity index (χ2v) is 8.20. The average Bonchev–Trinajstić information content (AvgIpc) is 2.98. The zero-order valence-corrected chi connectivity index (χ0v) is 15.3. The molecule has 1 aromatic rings. The Hall–Kier alpha value is -1.66. The van der Waals surface area contributed by atoms with Gasteiger partial charge in [0.05, 0.1) is 18.1 Å². The molecule has 6 heteroatoms. The molecule has 6 nitrogen and oxygen atoms in total. The number of aromatic nitrogens is 1. The van der Waals surface area contributed by atoms with E-state index in [1.165, 1.54) is 0 Å². The Kier molecular flexibility index (Phi) is 4.88. The largest absolute Gasteiger partial charge is 0.393 e. The van der Waals surface area contributed by atoms with Crippen molar-refractivity contribution in [1.29, 1.82) is 0 Å². The van der Waals surface area contributed by atoms with E-state index < -0.39 is 0 Å². The van der Waals surface area contributed by atoms with Crippen molar-refractivity contribution < 1.29 is 15.0 Å². The predicted molar refractivity (Wildman–Crippen MR) is 98.6 cm³/mol. The molecule has 3 aliphatic rings. The van der Waals surface area contributed by atoms with Crippen molar-refractivity contribution >= 4 is 11.7 Å². The number of rotatable bonds is 3. The summed E-state index contributed by atoms with van der Waals surface area (Å²) in [5, 5.41) is 18.9. The van der Waals surface area contributed by atoms with E-state index >= 15 is 0 Å². The molecule has 2 N–H and O–H groups in total. The van der Waals surface area contributed by atoms with Crippen LogP contribution in [0.3, 0.4) is 0 Å². The smallest absolute Gasteiger partial charge is 0.230 e. The van der Waals surface area contributed by atoms with Crippen molar-refractivity contribution in [2.75, 3.05) is 24.5 Å². The lowest BCUT2D eigenvalue weighted by Gasteiger charge is -2.41. The molecule has 0 aromatic carbocycles. The Labute approximate surface area is 154 Å². The highest BCUT2D eigenvalue weighted by molar-refractivity contribution is 5.86. The normalized spacial score (nSPS) is 32.5. The summed E-state index contributed by atoms with van der Waals surface area (Å²) in [6.07, 6.45) is 7.91. The summed E-state index contributed by atoms with van der Waals surface area (Å²) >= 11 is 0. The number of anilines is 1. The Bertz CT molecular complexity index is 642. The number of likely N-dealkylation sites (tertiary alicyclic amines) is 1. The van der Waals surface area contributed by atoms with Gasteiger partial charge < -0.3 is 20.0 Å². The van der Waals surface area contributed by atoms with Gasteiger partial charge in [0.15, 0.2) is 0 Å². The molecular formula is C20H29N3O3. The number of pyridine rings is 1. The Morgan fingerprint density at radius 2 is 1.96 bits per heavy atom. The molecule has 0 radical (unpaired) electrons. The van der Waals surface area contributed by atoms with E-state index in [-0.39, 0.29) is 18.1 Å². The predicted octanol–water partition coefficient (Wildman–Crippen LogP) is 1.70. The monoisotopic (exact) mass is 359 g/mol. The van der Waals surface area contributed by atoms with Crippen molar-refractivity contribution in [3.63, 3.8) is 0 Å². The standard InChI is InChI=1S/C20H29N3O3/c24-13-15-2-7-18(21-12-15)22-10-1-8-20(14-22)9-11-23(19(20)26)16-3-5-17(25)6-4-16/h2,7,12,16-17,24-25H,1,3-6,8-11,13-14H2/t16-,17-,20-/m0/s1. The maximum absolute atomic E-state index is 13.3. The van der Waals surface area contributed by atoms with Gasteiger partial charge in [-0.1, -0.05) is 6.07 Å². The molecule has 1 saturated carbocycles. The van der Waals surface area contributed by atoms with Crippen LogP contribution < -0.4 is 4.90 Å². The van der Waals surface area contributed by atoms with Gasteiger partial charge in [-0.2, -0.15) is 0 Å². The lowest BCUT2D eigenvalue weighted by Crippen LogP contribution is -2.50. The van der Waals surface area contributed by atoms with E-state index in [2.05, 4.69) is 14.8 Å². The minimum Gasteiger partial charge on any atom is -0.393 e. The number of nitrogens with zero attached hydrogens (tertiary/aromatic N) is 3. The van der Waals surface area contributed by atoms with Crippen LogP contribution in [0.15, 0.2) is 18.3 Å². The molecule has 2 aliphatic heterocycles. The van der Waals surface area contributed by atoms with Crippen molar-refractivity contribution in [1.82, 2.24) is 9.88 Å². The molecule has 3 fully saturated rings. The highest BCUT2D eigenvalue weighted by Gasteiger charge is 2.50. The Morgan fingerprint density at radius 1 is 1.15 bits per heavy atom. The van der Waals surface area contributed by atoms with E-state index in [1.54, 1.807) is 6.20 Å². The molecular weight excluding hydrogens is 330 g/mol. The van der Waals surface area contributed by atoms with Crippen LogP contribution in [-0.2, 0) is 11.4 Å². The number of aliphatic hydroxyl groups excluding tert-OH is 2. The minimum absolute atomic E-state index is 0.000743. The first kappa shape index (κ1) is 17.7. The number of aliphatic hydroxyl groups is 2. The van der Waals surface area contributed by atoms with Gasteiger partial charge in [0.25, 0.3) is 0 Å². The second kappa shape index (κ2) is 7.16. The summed E-state index contributed by atoms with van der Waals surface area (Å²) in [6.45, 7) is 2.52. The van der Waals surface area contributed by atoms with Crippen LogP contribution in [0.25, 0.3) is 0 Å². The van der Waals surface area contributed by atoms with Crippen LogP contribution >= 0.6 is 0 Å². The molecule has 26 heavy (non-hydrogen) atoms. The molecule has 1 spiro atoms. The van der Waals surface area contributed by atoms with Crippen LogP contribution in [0, 0.1) is 5.41 Å². The van der Waals surface area contributed by atoms with Crippen LogP contribution in [-0.4, -0.2) is 57.8 Å².